The molecule has 1 atom stereocenters. The molecule has 0 saturated carbocycles. The van der Waals surface area contributed by atoms with E-state index in [0.29, 0.717) is 17.3 Å². The fourth-order valence-electron chi connectivity index (χ4n) is 1.78. The average Bonchev–Trinajstić information content (AvgIpc) is 2.79. The maximum atomic E-state index is 12.4. The van der Waals surface area contributed by atoms with Crippen LogP contribution in [0.5, 0.6) is 0 Å². The van der Waals surface area contributed by atoms with E-state index in [1.165, 1.54) is 11.3 Å². The van der Waals surface area contributed by atoms with Gasteiger partial charge in [0, 0.05) is 27.7 Å². The van der Waals surface area contributed by atoms with Crippen molar-refractivity contribution in [3.05, 3.63) is 4.88 Å². The van der Waals surface area contributed by atoms with E-state index in [9.17, 15) is 4.79 Å². The van der Waals surface area contributed by atoms with Crippen LogP contribution in [-0.2, 0) is 4.74 Å². The van der Waals surface area contributed by atoms with Crippen molar-refractivity contribution >= 4 is 28.2 Å². The SMILES string of the molecule is CCCN(C)c1nc(N)c(C(=O)N(C)C(C)COC)s1. The van der Waals surface area contributed by atoms with Crippen LogP contribution in [0.2, 0.25) is 0 Å². The molecule has 0 radical (unpaired) electrons. The first-order valence-corrected chi connectivity index (χ1v) is 7.47. The van der Waals surface area contributed by atoms with Gasteiger partial charge in [-0.2, -0.15) is 0 Å². The fraction of sp³-hybridized carbons (Fsp3) is 0.692. The zero-order valence-corrected chi connectivity index (χ0v) is 13.7. The van der Waals surface area contributed by atoms with Gasteiger partial charge in [-0.15, -0.1) is 0 Å². The predicted octanol–water partition coefficient (Wildman–Crippen LogP) is 1.68. The second-order valence-electron chi connectivity index (χ2n) is 4.85. The number of aromatic nitrogens is 1. The highest BCUT2D eigenvalue weighted by Gasteiger charge is 2.23. The molecule has 1 unspecified atom stereocenters. The standard InChI is InChI=1S/C13H24N4O2S/c1-6-7-16(3)13-15-11(14)10(20-13)12(18)17(4)9(2)8-19-5/h9H,6-8,14H2,1-5H3. The fourth-order valence-corrected chi connectivity index (χ4v) is 2.74. The number of carbonyl (C=O) groups excluding carboxylic acids is 1. The molecule has 0 saturated heterocycles. The Bertz CT molecular complexity index is 450. The van der Waals surface area contributed by atoms with Crippen molar-refractivity contribution in [3.63, 3.8) is 0 Å². The third-order valence-corrected chi connectivity index (χ3v) is 4.28. The van der Waals surface area contributed by atoms with Crippen LogP contribution in [0, 0.1) is 0 Å². The Labute approximate surface area is 124 Å². The number of nitrogens with two attached hydrogens (primary N) is 1. The molecule has 0 fully saturated rings. The Morgan fingerprint density at radius 2 is 2.15 bits per heavy atom. The molecule has 0 aromatic carbocycles. The van der Waals surface area contributed by atoms with Gasteiger partial charge in [0.2, 0.25) is 0 Å². The number of amides is 1. The highest BCUT2D eigenvalue weighted by Crippen LogP contribution is 2.28. The Hall–Kier alpha value is -1.34. The number of methoxy groups -OCH3 is 1. The average molecular weight is 300 g/mol. The van der Waals surface area contributed by atoms with E-state index in [1.807, 2.05) is 18.9 Å². The van der Waals surface area contributed by atoms with Crippen LogP contribution < -0.4 is 10.6 Å². The quantitative estimate of drug-likeness (QED) is 0.829. The van der Waals surface area contributed by atoms with Gasteiger partial charge in [-0.25, -0.2) is 4.98 Å². The minimum atomic E-state index is -0.110. The van der Waals surface area contributed by atoms with Crippen molar-refractivity contribution in [3.8, 4) is 0 Å². The van der Waals surface area contributed by atoms with Crippen LogP contribution in [0.4, 0.5) is 10.9 Å². The molecule has 114 valence electrons. The van der Waals surface area contributed by atoms with Crippen molar-refractivity contribution in [2.24, 2.45) is 0 Å². The van der Waals surface area contributed by atoms with Crippen molar-refractivity contribution in [2.75, 3.05) is 45.0 Å². The summed E-state index contributed by atoms with van der Waals surface area (Å²) < 4.78 is 5.07. The number of ether oxygens (including phenoxy) is 1. The zero-order valence-electron chi connectivity index (χ0n) is 12.8. The summed E-state index contributed by atoms with van der Waals surface area (Å²) in [6.07, 6.45) is 1.02. The molecule has 2 N–H and O–H groups in total. The number of likely N-dealkylation sites (N-methyl/N-ethyl adjacent to an activating group) is 1. The van der Waals surface area contributed by atoms with Gasteiger partial charge >= 0.3 is 0 Å². The second kappa shape index (κ2) is 7.44. The summed E-state index contributed by atoms with van der Waals surface area (Å²) in [6, 6.07) is -0.00850. The molecule has 0 aliphatic rings. The number of thiazole rings is 1. The lowest BCUT2D eigenvalue weighted by Crippen LogP contribution is -2.37. The third-order valence-electron chi connectivity index (χ3n) is 3.11. The monoisotopic (exact) mass is 300 g/mol. The molecule has 6 nitrogen and oxygen atoms in total. The lowest BCUT2D eigenvalue weighted by Gasteiger charge is -2.23. The maximum absolute atomic E-state index is 12.4. The summed E-state index contributed by atoms with van der Waals surface area (Å²) in [5, 5.41) is 0.778. The normalized spacial score (nSPS) is 12.2. The van der Waals surface area contributed by atoms with Gasteiger partial charge < -0.3 is 20.3 Å². The molecule has 0 aliphatic heterocycles. The first kappa shape index (κ1) is 16.7. The smallest absolute Gasteiger partial charge is 0.267 e. The molecule has 7 heteroatoms. The molecule has 1 rings (SSSR count). The molecule has 0 bridgehead atoms. The lowest BCUT2D eigenvalue weighted by atomic mass is 10.3. The lowest BCUT2D eigenvalue weighted by molar-refractivity contribution is 0.0639. The number of nitrogens with zero attached hydrogens (tertiary/aromatic N) is 3. The Kier molecular flexibility index (Phi) is 6.22. The summed E-state index contributed by atoms with van der Waals surface area (Å²) in [6.45, 7) is 5.41. The highest BCUT2D eigenvalue weighted by atomic mass is 32.1. The molecule has 1 aromatic rings. The molecule has 0 aliphatic carbocycles. The van der Waals surface area contributed by atoms with Crippen LogP contribution in [0.1, 0.15) is 29.9 Å². The summed E-state index contributed by atoms with van der Waals surface area (Å²) in [5.74, 6) is 0.190. The molecule has 20 heavy (non-hydrogen) atoms. The van der Waals surface area contributed by atoms with E-state index in [0.717, 1.165) is 18.1 Å². The van der Waals surface area contributed by atoms with E-state index in [1.54, 1.807) is 19.1 Å². The Balaban J connectivity index is 2.88. The van der Waals surface area contributed by atoms with Crippen molar-refractivity contribution in [1.82, 2.24) is 9.88 Å². The van der Waals surface area contributed by atoms with Crippen molar-refractivity contribution < 1.29 is 9.53 Å². The minimum Gasteiger partial charge on any atom is -0.383 e. The van der Waals surface area contributed by atoms with Gasteiger partial charge in [0.15, 0.2) is 5.13 Å². The molecule has 1 heterocycles. The van der Waals surface area contributed by atoms with Gasteiger partial charge in [-0.05, 0) is 13.3 Å². The molecule has 1 aromatic heterocycles. The summed E-state index contributed by atoms with van der Waals surface area (Å²) >= 11 is 1.34. The first-order valence-electron chi connectivity index (χ1n) is 6.65. The van der Waals surface area contributed by atoms with Gasteiger partial charge in [0.25, 0.3) is 5.91 Å². The minimum absolute atomic E-state index is 0.00850. The van der Waals surface area contributed by atoms with E-state index >= 15 is 0 Å². The van der Waals surface area contributed by atoms with Gasteiger partial charge in [0.05, 0.1) is 12.6 Å². The van der Waals surface area contributed by atoms with E-state index < -0.39 is 0 Å². The largest absolute Gasteiger partial charge is 0.383 e. The number of carbonyl (C=O) groups is 1. The molecular weight excluding hydrogens is 276 g/mol. The topological polar surface area (TPSA) is 71.7 Å². The van der Waals surface area contributed by atoms with Crippen LogP contribution in [0.25, 0.3) is 0 Å². The molecule has 0 spiro atoms. The van der Waals surface area contributed by atoms with Crippen molar-refractivity contribution in [2.45, 2.75) is 26.3 Å². The predicted molar refractivity (Wildman–Crippen MR) is 83.5 cm³/mol. The summed E-state index contributed by atoms with van der Waals surface area (Å²) in [7, 11) is 5.32. The number of anilines is 2. The van der Waals surface area contributed by atoms with Gasteiger partial charge in [-0.1, -0.05) is 18.3 Å². The number of hydrogen-bond acceptors (Lipinski definition) is 6. The summed E-state index contributed by atoms with van der Waals surface area (Å²) in [5.41, 5.74) is 5.88. The van der Waals surface area contributed by atoms with E-state index in [-0.39, 0.29) is 11.9 Å². The number of hydrogen-bond donors (Lipinski definition) is 1. The van der Waals surface area contributed by atoms with Crippen LogP contribution in [0.15, 0.2) is 0 Å². The van der Waals surface area contributed by atoms with E-state index in [4.69, 9.17) is 10.5 Å². The van der Waals surface area contributed by atoms with Crippen molar-refractivity contribution in [1.29, 1.82) is 0 Å². The second-order valence-corrected chi connectivity index (χ2v) is 5.83. The molecule has 1 amide bonds. The van der Waals surface area contributed by atoms with Gasteiger partial charge in [0.1, 0.15) is 10.7 Å². The number of rotatable bonds is 7. The van der Waals surface area contributed by atoms with Crippen LogP contribution >= 0.6 is 11.3 Å². The van der Waals surface area contributed by atoms with Crippen LogP contribution in [-0.4, -0.2) is 56.2 Å². The summed E-state index contributed by atoms with van der Waals surface area (Å²) in [4.78, 5) is 20.8. The van der Waals surface area contributed by atoms with Crippen LogP contribution in [0.3, 0.4) is 0 Å². The maximum Gasteiger partial charge on any atom is 0.267 e. The zero-order chi connectivity index (χ0) is 15.3. The highest BCUT2D eigenvalue weighted by molar-refractivity contribution is 7.18. The first-order chi connectivity index (χ1) is 9.42. The Morgan fingerprint density at radius 3 is 2.70 bits per heavy atom. The molecular formula is C13H24N4O2S. The Morgan fingerprint density at radius 1 is 1.50 bits per heavy atom. The van der Waals surface area contributed by atoms with Gasteiger partial charge in [-0.3, -0.25) is 4.79 Å². The third kappa shape index (κ3) is 3.83. The van der Waals surface area contributed by atoms with E-state index in [2.05, 4.69) is 11.9 Å². The number of nitrogen functional groups attached to an aromatic ring is 1.